The number of hydrogen-bond acceptors (Lipinski definition) is 3. The summed E-state index contributed by atoms with van der Waals surface area (Å²) >= 11 is 0. The van der Waals surface area contributed by atoms with Gasteiger partial charge in [0.15, 0.2) is 0 Å². The SMILES string of the molecule is CC(CCCC(=O)O)N1C(=O)[C@H]2CC=CC[C@H]2C1=O. The number of hydrogen-bond donors (Lipinski definition) is 1. The van der Waals surface area contributed by atoms with E-state index in [2.05, 4.69) is 0 Å². The number of aliphatic carboxylic acids is 1. The second-order valence-electron chi connectivity index (χ2n) is 5.34. The first-order valence-electron chi connectivity index (χ1n) is 6.76. The summed E-state index contributed by atoms with van der Waals surface area (Å²) in [4.78, 5) is 36.3. The van der Waals surface area contributed by atoms with E-state index in [0.717, 1.165) is 0 Å². The number of carboxylic acids is 1. The van der Waals surface area contributed by atoms with Gasteiger partial charge in [-0.2, -0.15) is 0 Å². The molecule has 1 heterocycles. The quantitative estimate of drug-likeness (QED) is 0.605. The maximum atomic E-state index is 12.2. The number of rotatable bonds is 5. The molecule has 1 saturated heterocycles. The van der Waals surface area contributed by atoms with Crippen LogP contribution in [0.2, 0.25) is 0 Å². The molecule has 5 nitrogen and oxygen atoms in total. The van der Waals surface area contributed by atoms with Crippen molar-refractivity contribution in [3.8, 4) is 0 Å². The van der Waals surface area contributed by atoms with Gasteiger partial charge < -0.3 is 5.11 Å². The zero-order valence-corrected chi connectivity index (χ0v) is 11.0. The fraction of sp³-hybridized carbons (Fsp3) is 0.643. The standard InChI is InChI=1S/C14H19NO4/c1-9(5-4-8-12(16)17)15-13(18)10-6-2-3-7-11(10)14(15)19/h2-3,9-11H,4-8H2,1H3,(H,16,17)/t9?,10-,11+. The molecule has 19 heavy (non-hydrogen) atoms. The van der Waals surface area contributed by atoms with E-state index in [4.69, 9.17) is 5.11 Å². The van der Waals surface area contributed by atoms with Gasteiger partial charge in [-0.25, -0.2) is 0 Å². The van der Waals surface area contributed by atoms with Gasteiger partial charge in [-0.3, -0.25) is 19.3 Å². The molecule has 0 aromatic rings. The highest BCUT2D eigenvalue weighted by atomic mass is 16.4. The van der Waals surface area contributed by atoms with Crippen molar-refractivity contribution in [3.05, 3.63) is 12.2 Å². The van der Waals surface area contributed by atoms with Crippen molar-refractivity contribution in [3.63, 3.8) is 0 Å². The second kappa shape index (κ2) is 5.55. The molecule has 5 heteroatoms. The Kier molecular flexibility index (Phi) is 4.02. The highest BCUT2D eigenvalue weighted by Gasteiger charge is 2.48. The largest absolute Gasteiger partial charge is 0.481 e. The minimum atomic E-state index is -0.843. The summed E-state index contributed by atoms with van der Waals surface area (Å²) in [6.45, 7) is 1.82. The average molecular weight is 265 g/mol. The molecule has 0 radical (unpaired) electrons. The van der Waals surface area contributed by atoms with E-state index < -0.39 is 5.97 Å². The summed E-state index contributed by atoms with van der Waals surface area (Å²) in [7, 11) is 0. The van der Waals surface area contributed by atoms with Gasteiger partial charge >= 0.3 is 5.97 Å². The van der Waals surface area contributed by atoms with Crippen LogP contribution in [0, 0.1) is 11.8 Å². The highest BCUT2D eigenvalue weighted by molar-refractivity contribution is 6.05. The van der Waals surface area contributed by atoms with Crippen molar-refractivity contribution in [2.45, 2.75) is 45.1 Å². The Labute approximate surface area is 112 Å². The van der Waals surface area contributed by atoms with Crippen LogP contribution in [0.25, 0.3) is 0 Å². The lowest BCUT2D eigenvalue weighted by Crippen LogP contribution is -2.39. The monoisotopic (exact) mass is 265 g/mol. The summed E-state index contributed by atoms with van der Waals surface area (Å²) in [5, 5.41) is 8.61. The first kappa shape index (κ1) is 13.8. The summed E-state index contributed by atoms with van der Waals surface area (Å²) in [6.07, 6.45) is 6.34. The minimum Gasteiger partial charge on any atom is -0.481 e. The number of carbonyl (C=O) groups is 3. The fourth-order valence-corrected chi connectivity index (χ4v) is 2.94. The molecule has 104 valence electrons. The first-order valence-corrected chi connectivity index (χ1v) is 6.76. The van der Waals surface area contributed by atoms with Crippen LogP contribution < -0.4 is 0 Å². The Hall–Kier alpha value is -1.65. The van der Waals surface area contributed by atoms with E-state index in [1.165, 1.54) is 4.90 Å². The maximum absolute atomic E-state index is 12.2. The van der Waals surface area contributed by atoms with Crippen molar-refractivity contribution in [2.24, 2.45) is 11.8 Å². The molecule has 1 fully saturated rings. The molecule has 3 atom stereocenters. The molecule has 1 unspecified atom stereocenters. The Balaban J connectivity index is 1.98. The summed E-state index contributed by atoms with van der Waals surface area (Å²) in [5.74, 6) is -1.40. The number of likely N-dealkylation sites (tertiary alicyclic amines) is 1. The van der Waals surface area contributed by atoms with E-state index in [1.54, 1.807) is 0 Å². The predicted octanol–water partition coefficient (Wildman–Crippen LogP) is 1.58. The molecular weight excluding hydrogens is 246 g/mol. The van der Waals surface area contributed by atoms with Crippen LogP contribution in [0.3, 0.4) is 0 Å². The molecule has 1 aliphatic heterocycles. The molecule has 1 aliphatic carbocycles. The minimum absolute atomic E-state index is 0.0783. The van der Waals surface area contributed by atoms with E-state index in [1.807, 2.05) is 19.1 Å². The summed E-state index contributed by atoms with van der Waals surface area (Å²) in [6, 6.07) is -0.204. The molecule has 2 aliphatic rings. The van der Waals surface area contributed by atoms with Gasteiger partial charge in [0.2, 0.25) is 11.8 Å². The predicted molar refractivity (Wildman–Crippen MR) is 68.2 cm³/mol. The average Bonchev–Trinajstić information content (AvgIpc) is 2.62. The van der Waals surface area contributed by atoms with Crippen LogP contribution in [-0.2, 0) is 14.4 Å². The van der Waals surface area contributed by atoms with Crippen LogP contribution in [0.4, 0.5) is 0 Å². The summed E-state index contributed by atoms with van der Waals surface area (Å²) < 4.78 is 0. The molecule has 0 spiro atoms. The van der Waals surface area contributed by atoms with Gasteiger partial charge in [0, 0.05) is 12.5 Å². The van der Waals surface area contributed by atoms with Crippen LogP contribution in [0.15, 0.2) is 12.2 Å². The van der Waals surface area contributed by atoms with Crippen LogP contribution in [-0.4, -0.2) is 33.8 Å². The van der Waals surface area contributed by atoms with Crippen LogP contribution in [0.1, 0.15) is 39.0 Å². The normalized spacial score (nSPS) is 27.5. The van der Waals surface area contributed by atoms with E-state index >= 15 is 0 Å². The number of allylic oxidation sites excluding steroid dienone is 2. The van der Waals surface area contributed by atoms with Crippen molar-refractivity contribution in [2.75, 3.05) is 0 Å². The van der Waals surface area contributed by atoms with Crippen molar-refractivity contribution in [1.29, 1.82) is 0 Å². The van der Waals surface area contributed by atoms with Gasteiger partial charge in [-0.15, -0.1) is 0 Å². The third-order valence-electron chi connectivity index (χ3n) is 3.99. The number of carboxylic acid groups (broad SMARTS) is 1. The number of amides is 2. The molecule has 2 amide bonds. The number of imide groups is 1. The van der Waals surface area contributed by atoms with Gasteiger partial charge in [0.25, 0.3) is 0 Å². The Morgan fingerprint density at radius 3 is 2.32 bits per heavy atom. The fourth-order valence-electron chi connectivity index (χ4n) is 2.94. The molecule has 0 aromatic carbocycles. The molecule has 2 rings (SSSR count). The smallest absolute Gasteiger partial charge is 0.303 e. The molecule has 1 N–H and O–H groups in total. The molecule has 0 bridgehead atoms. The van der Waals surface area contributed by atoms with E-state index in [0.29, 0.717) is 25.7 Å². The molecular formula is C14H19NO4. The zero-order chi connectivity index (χ0) is 14.0. The lowest BCUT2D eigenvalue weighted by molar-refractivity contribution is -0.142. The van der Waals surface area contributed by atoms with Crippen molar-refractivity contribution >= 4 is 17.8 Å². The Morgan fingerprint density at radius 2 is 1.84 bits per heavy atom. The number of nitrogens with zero attached hydrogens (tertiary/aromatic N) is 1. The maximum Gasteiger partial charge on any atom is 0.303 e. The first-order chi connectivity index (χ1) is 9.02. The highest BCUT2D eigenvalue weighted by Crippen LogP contribution is 2.36. The lowest BCUT2D eigenvalue weighted by Gasteiger charge is -2.22. The second-order valence-corrected chi connectivity index (χ2v) is 5.34. The van der Waals surface area contributed by atoms with E-state index in [-0.39, 0.29) is 36.1 Å². The number of fused-ring (bicyclic) bond motifs is 1. The Bertz CT molecular complexity index is 403. The Morgan fingerprint density at radius 1 is 1.32 bits per heavy atom. The number of carbonyl (C=O) groups excluding carboxylic acids is 2. The van der Waals surface area contributed by atoms with Gasteiger partial charge in [-0.1, -0.05) is 12.2 Å². The zero-order valence-electron chi connectivity index (χ0n) is 11.0. The van der Waals surface area contributed by atoms with Gasteiger partial charge in [0.05, 0.1) is 11.8 Å². The summed E-state index contributed by atoms with van der Waals surface area (Å²) in [5.41, 5.74) is 0. The van der Waals surface area contributed by atoms with E-state index in [9.17, 15) is 14.4 Å². The molecule has 0 saturated carbocycles. The van der Waals surface area contributed by atoms with Crippen molar-refractivity contribution in [1.82, 2.24) is 4.90 Å². The van der Waals surface area contributed by atoms with Gasteiger partial charge in [-0.05, 0) is 32.6 Å². The topological polar surface area (TPSA) is 74.7 Å². The van der Waals surface area contributed by atoms with Gasteiger partial charge in [0.1, 0.15) is 0 Å². The third-order valence-corrected chi connectivity index (χ3v) is 3.99. The van der Waals surface area contributed by atoms with Crippen molar-refractivity contribution < 1.29 is 19.5 Å². The van der Waals surface area contributed by atoms with Crippen LogP contribution in [0.5, 0.6) is 0 Å². The third kappa shape index (κ3) is 2.69. The molecule has 0 aromatic heterocycles. The lowest BCUT2D eigenvalue weighted by atomic mass is 9.85. The van der Waals surface area contributed by atoms with Crippen LogP contribution >= 0.6 is 0 Å².